The van der Waals surface area contributed by atoms with E-state index in [2.05, 4.69) is 25.4 Å². The van der Waals surface area contributed by atoms with Crippen molar-refractivity contribution in [3.05, 3.63) is 0 Å². The van der Waals surface area contributed by atoms with Crippen LogP contribution in [-0.4, -0.2) is 86.1 Å². The number of amides is 3. The Hall–Kier alpha value is -2.83. The van der Waals surface area contributed by atoms with Crippen LogP contribution in [0.3, 0.4) is 0 Å². The summed E-state index contributed by atoms with van der Waals surface area (Å²) >= 11 is 1.11. The summed E-state index contributed by atoms with van der Waals surface area (Å²) in [5.74, 6) is -2.47. The lowest BCUT2D eigenvalue weighted by molar-refractivity contribution is -0.143. The number of alkyl carbamates (subject to hydrolysis) is 1. The van der Waals surface area contributed by atoms with E-state index < -0.39 is 47.5 Å². The Morgan fingerprint density at radius 3 is 2.19 bits per heavy atom. The zero-order valence-corrected chi connectivity index (χ0v) is 19.7. The van der Waals surface area contributed by atoms with Crippen molar-refractivity contribution >= 4 is 47.9 Å². The first-order valence-electron chi connectivity index (χ1n) is 9.66. The first-order valence-corrected chi connectivity index (χ1v) is 10.8. The minimum atomic E-state index is -1.14. The Bertz CT molecular complexity index is 679. The van der Waals surface area contributed by atoms with E-state index in [9.17, 15) is 28.8 Å². The smallest absolute Gasteiger partial charge is 0.408 e. The predicted octanol–water partition coefficient (Wildman–Crippen LogP) is -0.461. The molecule has 0 aliphatic carbocycles. The van der Waals surface area contributed by atoms with Gasteiger partial charge >= 0.3 is 18.0 Å². The zero-order chi connectivity index (χ0) is 24.7. The summed E-state index contributed by atoms with van der Waals surface area (Å²) in [7, 11) is 2.30. The lowest BCUT2D eigenvalue weighted by atomic mass is 10.1. The highest BCUT2D eigenvalue weighted by molar-refractivity contribution is 7.99. The quantitative estimate of drug-likeness (QED) is 0.137. The van der Waals surface area contributed by atoms with E-state index >= 15 is 0 Å². The van der Waals surface area contributed by atoms with Gasteiger partial charge in [0.1, 0.15) is 30.5 Å². The molecule has 3 N–H and O–H groups in total. The molecule has 0 aliphatic rings. The maximum atomic E-state index is 12.4. The fourth-order valence-electron chi connectivity index (χ4n) is 2.15. The summed E-state index contributed by atoms with van der Waals surface area (Å²) < 4.78 is 14.2. The number of carbonyl (C=O) groups is 6. The molecule has 0 unspecified atom stereocenters. The van der Waals surface area contributed by atoms with E-state index in [-0.39, 0.29) is 30.9 Å². The number of rotatable bonds is 13. The Kier molecular flexibility index (Phi) is 13.7. The number of esters is 2. The van der Waals surface area contributed by atoms with Gasteiger partial charge in [-0.15, -0.1) is 0 Å². The van der Waals surface area contributed by atoms with Crippen LogP contribution in [0.4, 0.5) is 4.79 Å². The molecule has 13 heteroatoms. The number of nitrogens with one attached hydrogen (secondary N) is 3. The van der Waals surface area contributed by atoms with Crippen molar-refractivity contribution in [2.24, 2.45) is 0 Å². The molecule has 0 saturated heterocycles. The van der Waals surface area contributed by atoms with Crippen LogP contribution >= 0.6 is 11.8 Å². The molecule has 0 radical (unpaired) electrons. The molecule has 0 aromatic carbocycles. The van der Waals surface area contributed by atoms with E-state index in [1.165, 1.54) is 0 Å². The molecule has 0 rings (SSSR count). The average molecular weight is 478 g/mol. The monoisotopic (exact) mass is 477 g/mol. The van der Waals surface area contributed by atoms with Gasteiger partial charge in [-0.25, -0.2) is 9.59 Å². The maximum Gasteiger partial charge on any atom is 0.408 e. The summed E-state index contributed by atoms with van der Waals surface area (Å²) in [6.45, 7) is 4.58. The Morgan fingerprint density at radius 2 is 1.66 bits per heavy atom. The van der Waals surface area contributed by atoms with E-state index in [1.807, 2.05) is 0 Å². The number of hydrogen-bond acceptors (Lipinski definition) is 10. The molecule has 0 saturated carbocycles. The Labute approximate surface area is 190 Å². The summed E-state index contributed by atoms with van der Waals surface area (Å²) in [5.41, 5.74) is -0.786. The fourth-order valence-corrected chi connectivity index (χ4v) is 2.86. The maximum absolute atomic E-state index is 12.4. The van der Waals surface area contributed by atoms with Crippen molar-refractivity contribution in [3.63, 3.8) is 0 Å². The zero-order valence-electron chi connectivity index (χ0n) is 18.9. The molecule has 32 heavy (non-hydrogen) atoms. The van der Waals surface area contributed by atoms with Crippen molar-refractivity contribution in [3.8, 4) is 0 Å². The van der Waals surface area contributed by atoms with Crippen LogP contribution < -0.4 is 16.0 Å². The highest BCUT2D eigenvalue weighted by Crippen LogP contribution is 2.09. The second-order valence-corrected chi connectivity index (χ2v) is 8.45. The van der Waals surface area contributed by atoms with Crippen LogP contribution in [0.1, 0.15) is 33.6 Å². The van der Waals surface area contributed by atoms with Gasteiger partial charge in [-0.2, -0.15) is 11.8 Å². The number of methoxy groups -OCH3 is 2. The van der Waals surface area contributed by atoms with E-state index in [4.69, 9.17) is 4.74 Å². The van der Waals surface area contributed by atoms with Crippen LogP contribution in [0.25, 0.3) is 0 Å². The molecule has 0 spiro atoms. The first kappa shape index (κ1) is 29.2. The lowest BCUT2D eigenvalue weighted by Crippen LogP contribution is -2.50. The average Bonchev–Trinajstić information content (AvgIpc) is 2.72. The van der Waals surface area contributed by atoms with Gasteiger partial charge in [-0.1, -0.05) is 0 Å². The molecule has 0 aromatic heterocycles. The van der Waals surface area contributed by atoms with Gasteiger partial charge in [-0.05, 0) is 27.2 Å². The van der Waals surface area contributed by atoms with E-state index in [0.717, 1.165) is 26.0 Å². The third kappa shape index (κ3) is 13.5. The molecular weight excluding hydrogens is 446 g/mol. The van der Waals surface area contributed by atoms with E-state index in [1.54, 1.807) is 20.8 Å². The normalized spacial score (nSPS) is 12.5. The summed E-state index contributed by atoms with van der Waals surface area (Å²) in [6, 6.07) is -2.18. The molecule has 0 aromatic rings. The van der Waals surface area contributed by atoms with Gasteiger partial charge in [0.05, 0.1) is 14.2 Å². The minimum absolute atomic E-state index is 0.0775. The second-order valence-electron chi connectivity index (χ2n) is 7.38. The Morgan fingerprint density at radius 1 is 1.00 bits per heavy atom. The van der Waals surface area contributed by atoms with Crippen molar-refractivity contribution in [1.82, 2.24) is 16.0 Å². The molecule has 182 valence electrons. The molecular formula is C19H31N3O9S. The largest absolute Gasteiger partial charge is 0.468 e. The molecule has 0 heterocycles. The van der Waals surface area contributed by atoms with Gasteiger partial charge in [0.15, 0.2) is 0 Å². The summed E-state index contributed by atoms with van der Waals surface area (Å²) in [5, 5.41) is 7.16. The second kappa shape index (κ2) is 15.1. The molecule has 0 aliphatic heterocycles. The molecule has 3 amide bonds. The van der Waals surface area contributed by atoms with Gasteiger partial charge in [0.2, 0.25) is 11.8 Å². The van der Waals surface area contributed by atoms with Gasteiger partial charge in [-0.3, -0.25) is 14.4 Å². The number of thioether (sulfide) groups is 1. The van der Waals surface area contributed by atoms with Crippen molar-refractivity contribution in [2.75, 3.05) is 32.3 Å². The number of hydrogen-bond donors (Lipinski definition) is 3. The highest BCUT2D eigenvalue weighted by atomic mass is 32.2. The van der Waals surface area contributed by atoms with Crippen LogP contribution in [0.2, 0.25) is 0 Å². The molecule has 0 bridgehead atoms. The van der Waals surface area contributed by atoms with Crippen LogP contribution in [0.5, 0.6) is 0 Å². The fraction of sp³-hybridized carbons (Fsp3) is 0.684. The van der Waals surface area contributed by atoms with Crippen LogP contribution in [-0.2, 0) is 38.2 Å². The number of aldehydes is 1. The van der Waals surface area contributed by atoms with Crippen LogP contribution in [0.15, 0.2) is 0 Å². The minimum Gasteiger partial charge on any atom is -0.468 e. The molecule has 0 fully saturated rings. The lowest BCUT2D eigenvalue weighted by Gasteiger charge is -2.23. The highest BCUT2D eigenvalue weighted by Gasteiger charge is 2.27. The SMILES string of the molecule is COC(=O)CNC(=O)[C@H](CSCC=O)NC(=O)CC[C@H](NC(=O)OC(C)(C)C)C(=O)OC. The Balaban J connectivity index is 4.96. The number of carbonyl (C=O) groups excluding carboxylic acids is 6. The molecule has 12 nitrogen and oxygen atoms in total. The number of ether oxygens (including phenoxy) is 3. The van der Waals surface area contributed by atoms with Gasteiger partial charge < -0.3 is 35.0 Å². The standard InChI is InChI=1S/C19H31N3O9S/c1-19(2,3)31-18(28)22-12(17(27)30-5)6-7-14(24)21-13(11-32-9-8-23)16(26)20-10-15(25)29-4/h8,12-13H,6-7,9-11H2,1-5H3,(H,20,26)(H,21,24)(H,22,28)/t12-,13-/m0/s1. The summed E-state index contributed by atoms with van der Waals surface area (Å²) in [4.78, 5) is 70.2. The summed E-state index contributed by atoms with van der Waals surface area (Å²) in [6.07, 6.45) is -0.539. The van der Waals surface area contributed by atoms with Gasteiger partial charge in [0.25, 0.3) is 0 Å². The topological polar surface area (TPSA) is 166 Å². The van der Waals surface area contributed by atoms with Crippen molar-refractivity contribution < 1.29 is 43.0 Å². The van der Waals surface area contributed by atoms with Crippen LogP contribution in [0, 0.1) is 0 Å². The predicted molar refractivity (Wildman–Crippen MR) is 115 cm³/mol. The molecule has 2 atom stereocenters. The third-order valence-corrected chi connectivity index (χ3v) is 4.53. The van der Waals surface area contributed by atoms with E-state index in [0.29, 0.717) is 6.29 Å². The van der Waals surface area contributed by atoms with Crippen molar-refractivity contribution in [2.45, 2.75) is 51.3 Å². The third-order valence-electron chi connectivity index (χ3n) is 3.59. The van der Waals surface area contributed by atoms with Crippen molar-refractivity contribution in [1.29, 1.82) is 0 Å². The van der Waals surface area contributed by atoms with Gasteiger partial charge in [0, 0.05) is 17.9 Å². The first-order chi connectivity index (χ1) is 14.9.